The minimum atomic E-state index is -2.44. The Bertz CT molecular complexity index is 357. The zero-order valence-electron chi connectivity index (χ0n) is 10.7. The van der Waals surface area contributed by atoms with Gasteiger partial charge in [0, 0.05) is 31.3 Å². The van der Waals surface area contributed by atoms with Gasteiger partial charge in [-0.05, 0) is 49.9 Å². The molecule has 1 heterocycles. The Morgan fingerprint density at radius 1 is 1.33 bits per heavy atom. The molecular weight excluding hydrogens is 234 g/mol. The summed E-state index contributed by atoms with van der Waals surface area (Å²) in [6.07, 6.45) is 5.73. The number of hydrogen-bond acceptors (Lipinski definition) is 2. The van der Waals surface area contributed by atoms with Crippen molar-refractivity contribution in [3.8, 4) is 0 Å². The molecule has 0 aromatic carbocycles. The number of alkyl halides is 2. The van der Waals surface area contributed by atoms with Gasteiger partial charge in [0.25, 0.3) is 0 Å². The topological polar surface area (TPSA) is 24.9 Å². The molecule has 0 amide bonds. The van der Waals surface area contributed by atoms with Crippen LogP contribution in [0.2, 0.25) is 0 Å². The lowest BCUT2D eigenvalue weighted by atomic mass is 9.80. The van der Waals surface area contributed by atoms with Crippen LogP contribution < -0.4 is 5.32 Å². The Hall–Kier alpha value is -1.03. The predicted molar refractivity (Wildman–Crippen MR) is 67.7 cm³/mol. The molecule has 4 heteroatoms. The van der Waals surface area contributed by atoms with E-state index in [1.807, 2.05) is 19.2 Å². The number of nitrogens with zero attached hydrogens (tertiary/aromatic N) is 1. The van der Waals surface area contributed by atoms with Gasteiger partial charge in [0.15, 0.2) is 0 Å². The van der Waals surface area contributed by atoms with Gasteiger partial charge in [-0.2, -0.15) is 0 Å². The predicted octanol–water partition coefficient (Wildman–Crippen LogP) is 3.04. The van der Waals surface area contributed by atoms with Crippen molar-refractivity contribution >= 4 is 0 Å². The van der Waals surface area contributed by atoms with Crippen LogP contribution in [0.15, 0.2) is 24.5 Å². The van der Waals surface area contributed by atoms with Crippen molar-refractivity contribution in [2.24, 2.45) is 5.92 Å². The van der Waals surface area contributed by atoms with E-state index in [1.54, 1.807) is 12.4 Å². The van der Waals surface area contributed by atoms with E-state index in [4.69, 9.17) is 0 Å². The second kappa shape index (κ2) is 5.74. The fourth-order valence-electron chi connectivity index (χ4n) is 2.74. The molecule has 18 heavy (non-hydrogen) atoms. The summed E-state index contributed by atoms with van der Waals surface area (Å²) in [6, 6.07) is 4.26. The van der Waals surface area contributed by atoms with E-state index >= 15 is 0 Å². The lowest BCUT2D eigenvalue weighted by Gasteiger charge is -2.33. The first kappa shape index (κ1) is 13.4. The summed E-state index contributed by atoms with van der Waals surface area (Å²) < 4.78 is 26.3. The normalized spacial score (nSPS) is 21.7. The highest BCUT2D eigenvalue weighted by Crippen LogP contribution is 2.37. The molecule has 1 aliphatic rings. The van der Waals surface area contributed by atoms with Crippen molar-refractivity contribution in [2.45, 2.75) is 44.1 Å². The summed E-state index contributed by atoms with van der Waals surface area (Å²) in [5.74, 6) is -2.09. The Labute approximate surface area is 107 Å². The van der Waals surface area contributed by atoms with E-state index < -0.39 is 5.92 Å². The molecule has 1 unspecified atom stereocenters. The Morgan fingerprint density at radius 3 is 2.50 bits per heavy atom. The number of nitrogens with one attached hydrogen (secondary N) is 1. The average molecular weight is 254 g/mol. The fraction of sp³-hybridized carbons (Fsp3) is 0.643. The minimum absolute atomic E-state index is 0.0339. The second-order valence-corrected chi connectivity index (χ2v) is 5.15. The number of halogens is 2. The molecule has 1 fully saturated rings. The first-order valence-corrected chi connectivity index (χ1v) is 6.55. The largest absolute Gasteiger partial charge is 0.316 e. The number of rotatable bonds is 4. The molecule has 0 spiro atoms. The van der Waals surface area contributed by atoms with Crippen molar-refractivity contribution < 1.29 is 8.78 Å². The molecule has 0 bridgehead atoms. The van der Waals surface area contributed by atoms with Crippen LogP contribution in [-0.4, -0.2) is 24.0 Å². The smallest absolute Gasteiger partial charge is 0.248 e. The summed E-state index contributed by atoms with van der Waals surface area (Å²) in [6.45, 7) is 0. The Morgan fingerprint density at radius 2 is 1.94 bits per heavy atom. The molecule has 2 rings (SSSR count). The van der Waals surface area contributed by atoms with Gasteiger partial charge in [0.1, 0.15) is 0 Å². The SMILES string of the molecule is CNC(Cc1ccncc1)C1CCC(F)(F)CC1. The maximum Gasteiger partial charge on any atom is 0.248 e. The molecule has 2 nitrogen and oxygen atoms in total. The standard InChI is InChI=1S/C14H20F2N2/c1-17-13(10-11-4-8-18-9-5-11)12-2-6-14(15,16)7-3-12/h4-5,8-9,12-13,17H,2-3,6-7,10H2,1H3. The summed E-state index contributed by atoms with van der Waals surface area (Å²) in [4.78, 5) is 3.99. The summed E-state index contributed by atoms with van der Waals surface area (Å²) in [5.41, 5.74) is 1.21. The van der Waals surface area contributed by atoms with E-state index in [0.29, 0.717) is 18.8 Å². The van der Waals surface area contributed by atoms with Gasteiger partial charge >= 0.3 is 0 Å². The van der Waals surface area contributed by atoms with E-state index in [0.717, 1.165) is 6.42 Å². The molecule has 1 saturated carbocycles. The van der Waals surface area contributed by atoms with Crippen LogP contribution in [0.5, 0.6) is 0 Å². The van der Waals surface area contributed by atoms with Crippen molar-refractivity contribution in [1.29, 1.82) is 0 Å². The average Bonchev–Trinajstić information content (AvgIpc) is 2.38. The molecule has 1 atom stereocenters. The molecule has 1 N–H and O–H groups in total. The molecule has 1 aromatic heterocycles. The van der Waals surface area contributed by atoms with Gasteiger partial charge in [0.2, 0.25) is 5.92 Å². The van der Waals surface area contributed by atoms with E-state index in [-0.39, 0.29) is 18.9 Å². The van der Waals surface area contributed by atoms with Gasteiger partial charge < -0.3 is 5.32 Å². The molecule has 0 radical (unpaired) electrons. The first-order chi connectivity index (χ1) is 8.61. The van der Waals surface area contributed by atoms with Gasteiger partial charge in [-0.1, -0.05) is 0 Å². The highest BCUT2D eigenvalue weighted by Gasteiger charge is 2.37. The Balaban J connectivity index is 1.94. The molecule has 0 aliphatic heterocycles. The highest BCUT2D eigenvalue weighted by molar-refractivity contribution is 5.12. The first-order valence-electron chi connectivity index (χ1n) is 6.55. The molecular formula is C14H20F2N2. The third-order valence-corrected chi connectivity index (χ3v) is 3.91. The zero-order chi connectivity index (χ0) is 13.0. The third kappa shape index (κ3) is 3.48. The monoisotopic (exact) mass is 254 g/mol. The second-order valence-electron chi connectivity index (χ2n) is 5.15. The van der Waals surface area contributed by atoms with Crippen LogP contribution in [0.4, 0.5) is 8.78 Å². The number of aromatic nitrogens is 1. The third-order valence-electron chi connectivity index (χ3n) is 3.91. The quantitative estimate of drug-likeness (QED) is 0.893. The molecule has 100 valence electrons. The van der Waals surface area contributed by atoms with Crippen molar-refractivity contribution in [1.82, 2.24) is 10.3 Å². The molecule has 0 saturated heterocycles. The van der Waals surface area contributed by atoms with Gasteiger partial charge in [-0.3, -0.25) is 4.98 Å². The van der Waals surface area contributed by atoms with Crippen LogP contribution in [0.3, 0.4) is 0 Å². The lowest BCUT2D eigenvalue weighted by Crippen LogP contribution is -2.39. The maximum atomic E-state index is 13.1. The fourth-order valence-corrected chi connectivity index (χ4v) is 2.74. The van der Waals surface area contributed by atoms with Crippen molar-refractivity contribution in [2.75, 3.05) is 7.05 Å². The van der Waals surface area contributed by atoms with E-state index in [2.05, 4.69) is 10.3 Å². The molecule has 1 aromatic rings. The summed E-state index contributed by atoms with van der Waals surface area (Å²) >= 11 is 0. The highest BCUT2D eigenvalue weighted by atomic mass is 19.3. The van der Waals surface area contributed by atoms with Crippen LogP contribution in [-0.2, 0) is 6.42 Å². The number of pyridine rings is 1. The van der Waals surface area contributed by atoms with Gasteiger partial charge in [-0.15, -0.1) is 0 Å². The summed E-state index contributed by atoms with van der Waals surface area (Å²) in [7, 11) is 1.92. The van der Waals surface area contributed by atoms with Crippen molar-refractivity contribution in [3.63, 3.8) is 0 Å². The number of likely N-dealkylation sites (N-methyl/N-ethyl adjacent to an activating group) is 1. The zero-order valence-corrected chi connectivity index (χ0v) is 10.7. The molecule has 1 aliphatic carbocycles. The van der Waals surface area contributed by atoms with Crippen molar-refractivity contribution in [3.05, 3.63) is 30.1 Å². The van der Waals surface area contributed by atoms with Crippen LogP contribution >= 0.6 is 0 Å². The van der Waals surface area contributed by atoms with Crippen LogP contribution in [0, 0.1) is 5.92 Å². The van der Waals surface area contributed by atoms with E-state index in [1.165, 1.54) is 5.56 Å². The minimum Gasteiger partial charge on any atom is -0.316 e. The number of hydrogen-bond donors (Lipinski definition) is 1. The maximum absolute atomic E-state index is 13.1. The van der Waals surface area contributed by atoms with Crippen LogP contribution in [0.1, 0.15) is 31.2 Å². The van der Waals surface area contributed by atoms with Gasteiger partial charge in [-0.25, -0.2) is 8.78 Å². The van der Waals surface area contributed by atoms with Gasteiger partial charge in [0.05, 0.1) is 0 Å². The Kier molecular flexibility index (Phi) is 4.27. The lowest BCUT2D eigenvalue weighted by molar-refractivity contribution is -0.0492. The summed E-state index contributed by atoms with van der Waals surface area (Å²) in [5, 5.41) is 3.28. The van der Waals surface area contributed by atoms with E-state index in [9.17, 15) is 8.78 Å². The van der Waals surface area contributed by atoms with Crippen LogP contribution in [0.25, 0.3) is 0 Å².